The molecule has 0 unspecified atom stereocenters. The molecule has 3 N–H and O–H groups in total. The fraction of sp³-hybridized carbons (Fsp3) is 0.600. The second-order valence-electron chi connectivity index (χ2n) is 1.22. The van der Waals surface area contributed by atoms with Crippen LogP contribution in [-0.4, -0.2) is 0 Å². The highest BCUT2D eigenvalue weighted by molar-refractivity contribution is 4.94. The van der Waals surface area contributed by atoms with Gasteiger partial charge in [0.15, 0.2) is 0 Å². The summed E-state index contributed by atoms with van der Waals surface area (Å²) in [5.41, 5.74) is 9.35. The molecule has 0 radical (unpaired) electrons. The molecule has 3 heteroatoms. The molecule has 0 saturated carbocycles. The summed E-state index contributed by atoms with van der Waals surface area (Å²) in [5.74, 6) is 0. The highest BCUT2D eigenvalue weighted by Gasteiger charge is 1.88. The first-order valence-electron chi connectivity index (χ1n) is 2.83. The maximum absolute atomic E-state index is 2.82. The van der Waals surface area contributed by atoms with Gasteiger partial charge < -0.3 is 10.9 Å². The predicted molar refractivity (Wildman–Crippen MR) is 36.6 cm³/mol. The number of nitrogens with one attached hydrogen (secondary N) is 3. The second kappa shape index (κ2) is 4.46. The molecular weight excluding hydrogens is 102 g/mol. The van der Waals surface area contributed by atoms with E-state index in [-0.39, 0.29) is 1.43 Å². The summed E-state index contributed by atoms with van der Waals surface area (Å²) in [5, 5.41) is 0. The lowest BCUT2D eigenvalue weighted by Crippen LogP contribution is -2.30. The number of rotatable bonds is 0. The Labute approximate surface area is 51.6 Å². The van der Waals surface area contributed by atoms with Gasteiger partial charge in [0.05, 0.1) is 0 Å². The van der Waals surface area contributed by atoms with Crippen LogP contribution in [0.2, 0.25) is 0 Å². The van der Waals surface area contributed by atoms with Crippen LogP contribution in [0.4, 0.5) is 0 Å². The Morgan fingerprint density at radius 2 is 2.12 bits per heavy atom. The molecule has 0 saturated heterocycles. The van der Waals surface area contributed by atoms with E-state index >= 15 is 0 Å². The lowest BCUT2D eigenvalue weighted by Gasteiger charge is -1.90. The predicted octanol–water partition coefficient (Wildman–Crippen LogP) is 0.732. The van der Waals surface area contributed by atoms with Gasteiger partial charge in [0.2, 0.25) is 0 Å². The normalized spacial score (nSPS) is 14.6. The summed E-state index contributed by atoms with van der Waals surface area (Å²) < 4.78 is 0. The molecule has 0 aromatic carbocycles. The fourth-order valence-corrected chi connectivity index (χ4v) is 0.315. The van der Waals surface area contributed by atoms with Crippen LogP contribution in [-0.2, 0) is 0 Å². The van der Waals surface area contributed by atoms with Crippen molar-refractivity contribution in [2.24, 2.45) is 0 Å². The van der Waals surface area contributed by atoms with Crippen molar-refractivity contribution < 1.29 is 1.43 Å². The van der Waals surface area contributed by atoms with Crippen molar-refractivity contribution in [1.82, 2.24) is 16.4 Å². The summed E-state index contributed by atoms with van der Waals surface area (Å²) >= 11 is 0. The average Bonchev–Trinajstić information content (AvgIpc) is 2.24. The molecule has 50 valence electrons. The first-order chi connectivity index (χ1) is 3.89. The zero-order valence-electron chi connectivity index (χ0n) is 5.58. The number of allylic oxidation sites excluding steroid dienone is 1. The van der Waals surface area contributed by atoms with Crippen LogP contribution in [0.25, 0.3) is 0 Å². The number of hydrogen-bond donors (Lipinski definition) is 3. The molecule has 1 rings (SSSR count). The van der Waals surface area contributed by atoms with Crippen LogP contribution in [0.3, 0.4) is 0 Å². The van der Waals surface area contributed by atoms with E-state index in [1.54, 1.807) is 0 Å². The van der Waals surface area contributed by atoms with Gasteiger partial charge in [0, 0.05) is 13.3 Å². The van der Waals surface area contributed by atoms with Gasteiger partial charge in [-0.1, -0.05) is 13.8 Å². The smallest absolute Gasteiger partial charge is 0.0419 e. The van der Waals surface area contributed by atoms with E-state index in [0.29, 0.717) is 0 Å². The third kappa shape index (κ3) is 2.47. The first-order valence-corrected chi connectivity index (χ1v) is 2.83. The highest BCUT2D eigenvalue weighted by atomic mass is 15.6. The Hall–Kier alpha value is -0.700. The third-order valence-electron chi connectivity index (χ3n) is 0.621. The number of hydrogen-bond acceptors (Lipinski definition) is 3. The minimum Gasteiger partial charge on any atom is -0.310 e. The van der Waals surface area contributed by atoms with E-state index in [9.17, 15) is 0 Å². The molecule has 3 nitrogen and oxygen atoms in total. The Balaban J connectivity index is 0. The van der Waals surface area contributed by atoms with Gasteiger partial charge in [-0.2, -0.15) is 5.53 Å². The van der Waals surface area contributed by atoms with Crippen molar-refractivity contribution in [3.63, 3.8) is 0 Å². The summed E-state index contributed by atoms with van der Waals surface area (Å²) in [6, 6.07) is 0. The molecule has 0 bridgehead atoms. The lowest BCUT2D eigenvalue weighted by molar-refractivity contribution is 0.600. The first kappa shape index (κ1) is 7.30. The monoisotopic (exact) mass is 117 g/mol. The molecule has 0 spiro atoms. The zero-order chi connectivity index (χ0) is 6.41. The van der Waals surface area contributed by atoms with Gasteiger partial charge in [-0.05, 0) is 6.92 Å². The van der Waals surface area contributed by atoms with Crippen molar-refractivity contribution in [3.8, 4) is 0 Å². The maximum atomic E-state index is 2.82. The van der Waals surface area contributed by atoms with Crippen LogP contribution in [0.1, 0.15) is 22.2 Å². The van der Waals surface area contributed by atoms with Crippen LogP contribution >= 0.6 is 0 Å². The van der Waals surface area contributed by atoms with E-state index in [2.05, 4.69) is 16.4 Å². The standard InChI is InChI=1S/C3H7N3.C2H6.H2/c1-3-2-4-6-5-3;1-2;/h2,4-6H,1H3;1-2H3;1H. The van der Waals surface area contributed by atoms with E-state index in [1.165, 1.54) is 0 Å². The summed E-state index contributed by atoms with van der Waals surface area (Å²) in [6.45, 7) is 5.97. The summed E-state index contributed by atoms with van der Waals surface area (Å²) in [4.78, 5) is 0. The van der Waals surface area contributed by atoms with Crippen LogP contribution < -0.4 is 16.4 Å². The minimum absolute atomic E-state index is 0. The van der Waals surface area contributed by atoms with Crippen molar-refractivity contribution >= 4 is 0 Å². The van der Waals surface area contributed by atoms with Gasteiger partial charge in [-0.15, -0.1) is 0 Å². The maximum Gasteiger partial charge on any atom is 0.0419 e. The van der Waals surface area contributed by atoms with Crippen LogP contribution in [0, 0.1) is 0 Å². The Morgan fingerprint density at radius 3 is 2.25 bits per heavy atom. The van der Waals surface area contributed by atoms with E-state index in [4.69, 9.17) is 0 Å². The van der Waals surface area contributed by atoms with E-state index in [1.807, 2.05) is 27.0 Å². The SMILES string of the molecule is CC.CC1=CNNN1.[HH]. The molecule has 1 aliphatic rings. The fourth-order valence-electron chi connectivity index (χ4n) is 0.315. The number of hydrazine groups is 2. The summed E-state index contributed by atoms with van der Waals surface area (Å²) in [7, 11) is 0. The molecule has 1 heterocycles. The van der Waals surface area contributed by atoms with Crippen molar-refractivity contribution in [2.45, 2.75) is 20.8 Å². The van der Waals surface area contributed by atoms with E-state index < -0.39 is 0 Å². The van der Waals surface area contributed by atoms with Crippen molar-refractivity contribution in [1.29, 1.82) is 0 Å². The van der Waals surface area contributed by atoms with Crippen molar-refractivity contribution in [2.75, 3.05) is 0 Å². The van der Waals surface area contributed by atoms with E-state index in [0.717, 1.165) is 5.70 Å². The molecular formula is C5H15N3. The molecule has 8 heavy (non-hydrogen) atoms. The van der Waals surface area contributed by atoms with Crippen molar-refractivity contribution in [3.05, 3.63) is 11.9 Å². The zero-order valence-corrected chi connectivity index (χ0v) is 5.58. The Morgan fingerprint density at radius 1 is 1.50 bits per heavy atom. The minimum atomic E-state index is 0. The van der Waals surface area contributed by atoms with Gasteiger partial charge in [-0.25, -0.2) is 0 Å². The molecule has 0 atom stereocenters. The second-order valence-corrected chi connectivity index (χ2v) is 1.22. The Kier molecular flexibility index (Phi) is 4.07. The van der Waals surface area contributed by atoms with Gasteiger partial charge in [0.1, 0.15) is 0 Å². The quantitative estimate of drug-likeness (QED) is 0.438. The van der Waals surface area contributed by atoms with Gasteiger partial charge in [-0.3, -0.25) is 0 Å². The molecule has 0 aromatic rings. The average molecular weight is 117 g/mol. The van der Waals surface area contributed by atoms with Gasteiger partial charge in [0.25, 0.3) is 0 Å². The highest BCUT2D eigenvalue weighted by Crippen LogP contribution is 1.80. The topological polar surface area (TPSA) is 36.1 Å². The van der Waals surface area contributed by atoms with Crippen LogP contribution in [0.15, 0.2) is 11.9 Å². The van der Waals surface area contributed by atoms with Gasteiger partial charge >= 0.3 is 0 Å². The molecule has 0 amide bonds. The molecule has 0 aliphatic carbocycles. The van der Waals surface area contributed by atoms with Crippen LogP contribution in [0.5, 0.6) is 0 Å². The largest absolute Gasteiger partial charge is 0.310 e. The molecule has 0 aromatic heterocycles. The molecule has 1 aliphatic heterocycles. The lowest BCUT2D eigenvalue weighted by atomic mass is 10.6. The molecule has 0 fully saturated rings. The third-order valence-corrected chi connectivity index (χ3v) is 0.621. The summed E-state index contributed by atoms with van der Waals surface area (Å²) in [6.07, 6.45) is 1.85. The Bertz CT molecular complexity index is 82.3.